The summed E-state index contributed by atoms with van der Waals surface area (Å²) in [5.74, 6) is 0.909. The van der Waals surface area contributed by atoms with Crippen molar-refractivity contribution in [1.29, 1.82) is 0 Å². The van der Waals surface area contributed by atoms with E-state index in [4.69, 9.17) is 10.5 Å². The van der Waals surface area contributed by atoms with E-state index >= 15 is 0 Å². The molecular weight excluding hydrogens is 356 g/mol. The monoisotopic (exact) mass is 376 g/mol. The van der Waals surface area contributed by atoms with Crippen molar-refractivity contribution in [3.05, 3.63) is 64.8 Å². The number of anilines is 2. The van der Waals surface area contributed by atoms with Gasteiger partial charge in [0.25, 0.3) is 0 Å². The van der Waals surface area contributed by atoms with Crippen LogP contribution in [0.15, 0.2) is 53.6 Å². The normalized spacial score (nSPS) is 11.0. The van der Waals surface area contributed by atoms with Crippen LogP contribution in [0.2, 0.25) is 0 Å². The Morgan fingerprint density at radius 1 is 1.04 bits per heavy atom. The van der Waals surface area contributed by atoms with Crippen molar-refractivity contribution in [1.82, 2.24) is 19.1 Å². The molecule has 0 aliphatic carbocycles. The summed E-state index contributed by atoms with van der Waals surface area (Å²) in [5, 5.41) is 3.06. The van der Waals surface area contributed by atoms with Crippen LogP contribution in [0.4, 0.5) is 11.5 Å². The van der Waals surface area contributed by atoms with Gasteiger partial charge in [0.2, 0.25) is 0 Å². The van der Waals surface area contributed by atoms with E-state index in [1.165, 1.54) is 15.5 Å². The average Bonchev–Trinajstić information content (AvgIpc) is 3.02. The Kier molecular flexibility index (Phi) is 4.23. The minimum absolute atomic E-state index is 0.229. The Hall–Kier alpha value is -3.81. The smallest absolute Gasteiger partial charge is 0.339 e. The highest BCUT2D eigenvalue weighted by atomic mass is 16.5. The lowest BCUT2D eigenvalue weighted by Gasteiger charge is -2.09. The zero-order valence-electron chi connectivity index (χ0n) is 15.8. The topological polar surface area (TPSA) is 100.0 Å². The second-order valence-electron chi connectivity index (χ2n) is 6.34. The summed E-state index contributed by atoms with van der Waals surface area (Å²) in [4.78, 5) is 21.8. The van der Waals surface area contributed by atoms with Gasteiger partial charge in [0, 0.05) is 18.8 Å². The van der Waals surface area contributed by atoms with Crippen LogP contribution in [0.5, 0.6) is 5.75 Å². The SMILES string of the molecule is CNc1ccc(-n2c(=O)n(-c3ccc(C)c(OC)c3)c3c(N)ncnc32)cc1. The summed E-state index contributed by atoms with van der Waals surface area (Å²) in [7, 11) is 3.44. The van der Waals surface area contributed by atoms with E-state index in [9.17, 15) is 4.79 Å². The van der Waals surface area contributed by atoms with Crippen LogP contribution >= 0.6 is 0 Å². The molecule has 0 aliphatic heterocycles. The average molecular weight is 376 g/mol. The number of nitrogens with one attached hydrogen (secondary N) is 1. The van der Waals surface area contributed by atoms with Gasteiger partial charge in [0.1, 0.15) is 17.6 Å². The molecule has 0 saturated carbocycles. The number of imidazole rings is 1. The van der Waals surface area contributed by atoms with Crippen molar-refractivity contribution in [2.45, 2.75) is 6.92 Å². The van der Waals surface area contributed by atoms with Gasteiger partial charge in [0.15, 0.2) is 11.5 Å². The van der Waals surface area contributed by atoms with Crippen LogP contribution in [0.1, 0.15) is 5.56 Å². The third kappa shape index (κ3) is 2.66. The van der Waals surface area contributed by atoms with Gasteiger partial charge in [-0.25, -0.2) is 19.3 Å². The van der Waals surface area contributed by atoms with Crippen LogP contribution in [-0.2, 0) is 0 Å². The molecule has 4 aromatic rings. The van der Waals surface area contributed by atoms with E-state index in [0.29, 0.717) is 28.3 Å². The number of rotatable bonds is 4. The van der Waals surface area contributed by atoms with Crippen molar-refractivity contribution in [3.8, 4) is 17.1 Å². The zero-order valence-corrected chi connectivity index (χ0v) is 15.8. The first-order valence-corrected chi connectivity index (χ1v) is 8.72. The third-order valence-corrected chi connectivity index (χ3v) is 4.71. The second-order valence-corrected chi connectivity index (χ2v) is 6.34. The molecule has 8 heteroatoms. The lowest BCUT2D eigenvalue weighted by atomic mass is 10.2. The molecule has 2 aromatic heterocycles. The fourth-order valence-corrected chi connectivity index (χ4v) is 3.24. The van der Waals surface area contributed by atoms with Crippen LogP contribution in [0, 0.1) is 6.92 Å². The number of nitrogens with zero attached hydrogens (tertiary/aromatic N) is 4. The Morgan fingerprint density at radius 2 is 1.75 bits per heavy atom. The largest absolute Gasteiger partial charge is 0.496 e. The van der Waals surface area contributed by atoms with Gasteiger partial charge in [-0.15, -0.1) is 0 Å². The van der Waals surface area contributed by atoms with E-state index in [0.717, 1.165) is 11.3 Å². The molecule has 0 unspecified atom stereocenters. The molecule has 0 amide bonds. The molecule has 8 nitrogen and oxygen atoms in total. The number of nitrogens with two attached hydrogens (primary N) is 1. The highest BCUT2D eigenvalue weighted by Gasteiger charge is 2.20. The van der Waals surface area contributed by atoms with Crippen molar-refractivity contribution in [2.75, 3.05) is 25.2 Å². The van der Waals surface area contributed by atoms with Crippen LogP contribution in [0.3, 0.4) is 0 Å². The van der Waals surface area contributed by atoms with Gasteiger partial charge in [-0.1, -0.05) is 6.07 Å². The van der Waals surface area contributed by atoms with Crippen LogP contribution in [0.25, 0.3) is 22.5 Å². The molecule has 3 N–H and O–H groups in total. The maximum Gasteiger partial charge on any atom is 0.339 e. The number of aromatic nitrogens is 4. The first-order valence-electron chi connectivity index (χ1n) is 8.72. The lowest BCUT2D eigenvalue weighted by Crippen LogP contribution is -2.22. The van der Waals surface area contributed by atoms with E-state index in [1.807, 2.05) is 50.4 Å². The molecule has 0 fully saturated rings. The maximum atomic E-state index is 13.4. The highest BCUT2D eigenvalue weighted by molar-refractivity contribution is 5.85. The first-order chi connectivity index (χ1) is 13.5. The molecule has 0 aliphatic rings. The molecule has 0 spiro atoms. The first kappa shape index (κ1) is 17.6. The van der Waals surface area contributed by atoms with Crippen LogP contribution < -0.4 is 21.5 Å². The molecule has 28 heavy (non-hydrogen) atoms. The summed E-state index contributed by atoms with van der Waals surface area (Å²) >= 11 is 0. The Balaban J connectivity index is 2.05. The summed E-state index contributed by atoms with van der Waals surface area (Å²) < 4.78 is 8.45. The van der Waals surface area contributed by atoms with Gasteiger partial charge in [-0.05, 0) is 42.8 Å². The number of aryl methyl sites for hydroxylation is 1. The zero-order chi connectivity index (χ0) is 19.8. The Labute approximate surface area is 161 Å². The van der Waals surface area contributed by atoms with Crippen molar-refractivity contribution in [2.24, 2.45) is 0 Å². The fourth-order valence-electron chi connectivity index (χ4n) is 3.24. The second kappa shape index (κ2) is 6.73. The fraction of sp³-hybridized carbons (Fsp3) is 0.150. The number of hydrogen-bond acceptors (Lipinski definition) is 6. The molecule has 0 saturated heterocycles. The van der Waals surface area contributed by atoms with Crippen molar-refractivity contribution >= 4 is 22.7 Å². The highest BCUT2D eigenvalue weighted by Crippen LogP contribution is 2.26. The Morgan fingerprint density at radius 3 is 2.43 bits per heavy atom. The minimum Gasteiger partial charge on any atom is -0.496 e. The number of methoxy groups -OCH3 is 1. The Bertz CT molecular complexity index is 1220. The van der Waals surface area contributed by atoms with E-state index in [1.54, 1.807) is 13.2 Å². The molecular formula is C20H20N6O2. The molecule has 142 valence electrons. The van der Waals surface area contributed by atoms with Crippen LogP contribution in [-0.4, -0.2) is 33.3 Å². The molecule has 0 radical (unpaired) electrons. The summed E-state index contributed by atoms with van der Waals surface area (Å²) in [6.45, 7) is 1.94. The van der Waals surface area contributed by atoms with Gasteiger partial charge < -0.3 is 15.8 Å². The van der Waals surface area contributed by atoms with E-state index in [-0.39, 0.29) is 11.5 Å². The number of benzene rings is 2. The van der Waals surface area contributed by atoms with Gasteiger partial charge in [0.05, 0.1) is 18.5 Å². The van der Waals surface area contributed by atoms with E-state index in [2.05, 4.69) is 15.3 Å². The summed E-state index contributed by atoms with van der Waals surface area (Å²) in [5.41, 5.74) is 9.97. The number of hydrogen-bond donors (Lipinski definition) is 2. The summed E-state index contributed by atoms with van der Waals surface area (Å²) in [6.07, 6.45) is 1.36. The van der Waals surface area contributed by atoms with Crippen molar-refractivity contribution < 1.29 is 4.74 Å². The summed E-state index contributed by atoms with van der Waals surface area (Å²) in [6, 6.07) is 13.0. The van der Waals surface area contributed by atoms with Gasteiger partial charge in [-0.2, -0.15) is 0 Å². The molecule has 4 rings (SSSR count). The lowest BCUT2D eigenvalue weighted by molar-refractivity contribution is 0.411. The van der Waals surface area contributed by atoms with E-state index < -0.39 is 0 Å². The molecule has 0 atom stereocenters. The molecule has 2 aromatic carbocycles. The quantitative estimate of drug-likeness (QED) is 0.568. The minimum atomic E-state index is -0.287. The third-order valence-electron chi connectivity index (χ3n) is 4.71. The number of ether oxygens (including phenoxy) is 1. The number of fused-ring (bicyclic) bond motifs is 1. The number of nitrogen functional groups attached to an aromatic ring is 1. The van der Waals surface area contributed by atoms with Gasteiger partial charge >= 0.3 is 5.69 Å². The van der Waals surface area contributed by atoms with Gasteiger partial charge in [-0.3, -0.25) is 4.57 Å². The molecule has 2 heterocycles. The standard InChI is InChI=1S/C20H20N6O2/c1-12-4-7-15(10-16(12)28-3)25-17-18(21)23-11-24-19(17)26(20(25)27)14-8-5-13(22-2)6-9-14/h4-11,22H,1-3H3,(H2,21,23,24). The molecule has 0 bridgehead atoms. The predicted octanol–water partition coefficient (Wildman–Crippen LogP) is 2.51. The maximum absolute atomic E-state index is 13.4. The predicted molar refractivity (Wildman–Crippen MR) is 110 cm³/mol. The van der Waals surface area contributed by atoms with Crippen molar-refractivity contribution in [3.63, 3.8) is 0 Å².